The van der Waals surface area contributed by atoms with Crippen LogP contribution in [0, 0.1) is 0 Å². The highest BCUT2D eigenvalue weighted by atomic mass is 16.3. The molecule has 3 aromatic heterocycles. The van der Waals surface area contributed by atoms with Gasteiger partial charge in [0.2, 0.25) is 5.89 Å². The number of fused-ring (bicyclic) bond motifs is 9. The lowest BCUT2D eigenvalue weighted by Gasteiger charge is -2.28. The summed E-state index contributed by atoms with van der Waals surface area (Å²) >= 11 is 0. The minimum absolute atomic E-state index is 0.0904. The largest absolute Gasteiger partial charge is 0.456 e. The number of para-hydroxylation sites is 4. The summed E-state index contributed by atoms with van der Waals surface area (Å²) in [5.41, 5.74) is 9.92. The van der Waals surface area contributed by atoms with E-state index in [-0.39, 0.29) is 17.8 Å². The maximum absolute atomic E-state index is 9.12. The fourth-order valence-electron chi connectivity index (χ4n) is 8.54. The van der Waals surface area contributed by atoms with Crippen LogP contribution in [0.15, 0.2) is 209 Å². The molecule has 5 nitrogen and oxygen atoms in total. The molecule has 0 aliphatic rings. The lowest BCUT2D eigenvalue weighted by atomic mass is 10.00. The second-order valence-electron chi connectivity index (χ2n) is 14.4. The summed E-state index contributed by atoms with van der Waals surface area (Å²) in [4.78, 5) is 7.04. The third kappa shape index (κ3) is 5.00. The maximum Gasteiger partial charge on any atom is 0.227 e. The van der Waals surface area contributed by atoms with Gasteiger partial charge in [0.15, 0.2) is 5.58 Å². The zero-order valence-electron chi connectivity index (χ0n) is 35.8. The first kappa shape index (κ1) is 27.7. The van der Waals surface area contributed by atoms with Gasteiger partial charge in [-0.2, -0.15) is 0 Å². The average molecular weight is 749 g/mol. The summed E-state index contributed by atoms with van der Waals surface area (Å²) in [6.45, 7) is 0. The molecule has 0 saturated carbocycles. The highest BCUT2D eigenvalue weighted by molar-refractivity contribution is 6.24. The minimum atomic E-state index is -0.436. The molecule has 12 aromatic rings. The van der Waals surface area contributed by atoms with Crippen molar-refractivity contribution in [2.24, 2.45) is 0 Å². The van der Waals surface area contributed by atoms with Gasteiger partial charge in [-0.1, -0.05) is 121 Å². The number of furan rings is 1. The fraction of sp³-hybridized carbons (Fsp3) is 0. The van der Waals surface area contributed by atoms with E-state index in [0.717, 1.165) is 88.3 Å². The Balaban J connectivity index is 1.13. The van der Waals surface area contributed by atoms with Crippen LogP contribution in [0.3, 0.4) is 0 Å². The third-order valence-corrected chi connectivity index (χ3v) is 11.1. The third-order valence-electron chi connectivity index (χ3n) is 11.1. The summed E-state index contributed by atoms with van der Waals surface area (Å²) in [6, 6.07) is 54.9. The van der Waals surface area contributed by atoms with E-state index >= 15 is 0 Å². The molecule has 0 saturated heterocycles. The Morgan fingerprint density at radius 3 is 2.05 bits per heavy atom. The number of hydrogen-bond donors (Lipinski definition) is 0. The van der Waals surface area contributed by atoms with Crippen LogP contribution in [0.4, 0.5) is 17.1 Å². The summed E-state index contributed by atoms with van der Waals surface area (Å²) in [5.74, 6) is 0.561. The molecule has 12 rings (SSSR count). The van der Waals surface area contributed by atoms with E-state index in [0.29, 0.717) is 17.0 Å². The summed E-state index contributed by atoms with van der Waals surface area (Å²) in [6.07, 6.45) is 0. The molecule has 0 radical (unpaired) electrons. The fourth-order valence-corrected chi connectivity index (χ4v) is 8.54. The van der Waals surface area contributed by atoms with Crippen LogP contribution >= 0.6 is 0 Å². The molecule has 0 amide bonds. The Bertz CT molecular complexity index is 3790. The van der Waals surface area contributed by atoms with Crippen molar-refractivity contribution >= 4 is 82.7 Å². The number of rotatable bonds is 6. The van der Waals surface area contributed by atoms with Gasteiger partial charge in [0.1, 0.15) is 16.7 Å². The van der Waals surface area contributed by atoms with E-state index in [2.05, 4.69) is 65.6 Å². The predicted molar refractivity (Wildman–Crippen MR) is 239 cm³/mol. The smallest absolute Gasteiger partial charge is 0.227 e. The summed E-state index contributed by atoms with van der Waals surface area (Å²) in [7, 11) is 0. The molecule has 0 unspecified atom stereocenters. The minimum Gasteiger partial charge on any atom is -0.456 e. The molecule has 58 heavy (non-hydrogen) atoms. The van der Waals surface area contributed by atoms with Crippen molar-refractivity contribution in [3.8, 4) is 28.3 Å². The van der Waals surface area contributed by atoms with Crippen LogP contribution in [-0.4, -0.2) is 9.55 Å². The Morgan fingerprint density at radius 2 is 1.21 bits per heavy atom. The van der Waals surface area contributed by atoms with Gasteiger partial charge in [0.05, 0.1) is 23.6 Å². The molecule has 3 heterocycles. The number of hydrogen-bond acceptors (Lipinski definition) is 4. The molecule has 0 atom stereocenters. The van der Waals surface area contributed by atoms with E-state index in [1.165, 1.54) is 0 Å². The molecular formula is C53H33N3O2. The second-order valence-corrected chi connectivity index (χ2v) is 14.4. The predicted octanol–water partition coefficient (Wildman–Crippen LogP) is 14.8. The standard InChI is InChI=1S/C53H33N3O2/c1-3-14-35(15-4-1)53-54-45-23-13-22-39(52(45)58-53)34-26-28-37(29-27-34)55(38-30-31-50-44(32-38)41-19-10-12-25-49(41)57-50)47-33-48-51(42-20-8-7-18-40(42)47)43-21-9-11-24-46(43)56(48)36-16-5-2-6-17-36/h1-33H/i2D,5D,6D,16D,17D. The van der Waals surface area contributed by atoms with Gasteiger partial charge in [0, 0.05) is 55.1 Å². The monoisotopic (exact) mass is 748 g/mol. The lowest BCUT2D eigenvalue weighted by molar-refractivity contribution is 0.621. The average Bonchev–Trinajstić information content (AvgIpc) is 4.03. The van der Waals surface area contributed by atoms with Gasteiger partial charge < -0.3 is 18.3 Å². The summed E-state index contributed by atoms with van der Waals surface area (Å²) in [5, 5.41) is 5.71. The van der Waals surface area contributed by atoms with Gasteiger partial charge in [-0.25, -0.2) is 4.98 Å². The first-order valence-electron chi connectivity index (χ1n) is 21.6. The molecular weight excluding hydrogens is 711 g/mol. The van der Waals surface area contributed by atoms with Crippen molar-refractivity contribution in [2.45, 2.75) is 0 Å². The van der Waals surface area contributed by atoms with E-state index in [4.69, 9.17) is 20.7 Å². The molecule has 0 bridgehead atoms. The second kappa shape index (κ2) is 12.8. The molecule has 9 aromatic carbocycles. The van der Waals surface area contributed by atoms with E-state index < -0.39 is 18.1 Å². The van der Waals surface area contributed by atoms with Crippen molar-refractivity contribution in [3.05, 3.63) is 200 Å². The molecule has 0 fully saturated rings. The van der Waals surface area contributed by atoms with Gasteiger partial charge >= 0.3 is 0 Å². The number of aromatic nitrogens is 2. The van der Waals surface area contributed by atoms with E-state index in [9.17, 15) is 0 Å². The van der Waals surface area contributed by atoms with Gasteiger partial charge in [-0.15, -0.1) is 0 Å². The first-order valence-corrected chi connectivity index (χ1v) is 19.1. The van der Waals surface area contributed by atoms with Crippen molar-refractivity contribution < 1.29 is 15.7 Å². The highest BCUT2D eigenvalue weighted by Gasteiger charge is 2.23. The Kier molecular flexibility index (Phi) is 6.12. The van der Waals surface area contributed by atoms with Crippen LogP contribution < -0.4 is 4.90 Å². The zero-order chi connectivity index (χ0) is 42.5. The summed E-state index contributed by atoms with van der Waals surface area (Å²) < 4.78 is 58.5. The van der Waals surface area contributed by atoms with Crippen LogP contribution in [0.2, 0.25) is 0 Å². The van der Waals surface area contributed by atoms with Crippen LogP contribution in [0.25, 0.3) is 93.9 Å². The zero-order valence-corrected chi connectivity index (χ0v) is 30.8. The van der Waals surface area contributed by atoms with Crippen LogP contribution in [0.5, 0.6) is 0 Å². The molecule has 0 N–H and O–H groups in total. The quantitative estimate of drug-likeness (QED) is 0.170. The van der Waals surface area contributed by atoms with E-state index in [1.807, 2.05) is 114 Å². The van der Waals surface area contributed by atoms with Crippen LogP contribution in [-0.2, 0) is 0 Å². The molecule has 0 aliphatic carbocycles. The van der Waals surface area contributed by atoms with Crippen molar-refractivity contribution in [3.63, 3.8) is 0 Å². The Hall–Kier alpha value is -7.89. The van der Waals surface area contributed by atoms with Crippen molar-refractivity contribution in [2.75, 3.05) is 4.90 Å². The van der Waals surface area contributed by atoms with Gasteiger partial charge in [-0.3, -0.25) is 0 Å². The number of nitrogens with zero attached hydrogens (tertiary/aromatic N) is 3. The normalized spacial score (nSPS) is 13.0. The van der Waals surface area contributed by atoms with Gasteiger partial charge in [0.25, 0.3) is 0 Å². The Morgan fingerprint density at radius 1 is 0.500 bits per heavy atom. The lowest BCUT2D eigenvalue weighted by Crippen LogP contribution is -2.11. The van der Waals surface area contributed by atoms with Gasteiger partial charge in [-0.05, 0) is 89.8 Å². The number of oxazole rings is 1. The maximum atomic E-state index is 9.12. The van der Waals surface area contributed by atoms with Crippen LogP contribution in [0.1, 0.15) is 6.85 Å². The Labute approximate surface area is 340 Å². The van der Waals surface area contributed by atoms with Crippen molar-refractivity contribution in [1.82, 2.24) is 9.55 Å². The molecule has 5 heteroatoms. The molecule has 272 valence electrons. The number of anilines is 3. The van der Waals surface area contributed by atoms with Crippen molar-refractivity contribution in [1.29, 1.82) is 0 Å². The molecule has 0 spiro atoms. The topological polar surface area (TPSA) is 47.3 Å². The number of benzene rings is 9. The SMILES string of the molecule is [2H]c1c([2H])c([2H])c(-n2c3ccccc3c3c4ccccc4c(N(c4ccc(-c5cccc6nc(-c7ccccc7)oc56)cc4)c4ccc5oc6ccccc6c5c4)cc32)c([2H])c1[2H]. The van der Waals surface area contributed by atoms with E-state index in [1.54, 1.807) is 0 Å². The highest BCUT2D eigenvalue weighted by Crippen LogP contribution is 2.47. The first-order chi connectivity index (χ1) is 30.8. The molecule has 0 aliphatic heterocycles.